The van der Waals surface area contributed by atoms with E-state index in [1.165, 1.54) is 7.11 Å². The number of rotatable bonds is 6. The number of carbonyl (C=O) groups is 1. The molecule has 1 heterocycles. The van der Waals surface area contributed by atoms with Crippen LogP contribution in [0, 0.1) is 11.3 Å². The lowest BCUT2D eigenvalue weighted by atomic mass is 10.1. The van der Waals surface area contributed by atoms with Gasteiger partial charge in [-0.3, -0.25) is 0 Å². The Morgan fingerprint density at radius 1 is 1.28 bits per heavy atom. The van der Waals surface area contributed by atoms with Crippen molar-refractivity contribution in [2.24, 2.45) is 0 Å². The first kappa shape index (κ1) is 17.8. The molecule has 1 aromatic carbocycles. The van der Waals surface area contributed by atoms with E-state index in [1.54, 1.807) is 25.1 Å². The van der Waals surface area contributed by atoms with Crippen LogP contribution in [-0.2, 0) is 9.53 Å². The fourth-order valence-corrected chi connectivity index (χ4v) is 2.09. The zero-order valence-corrected chi connectivity index (χ0v) is 13.8. The summed E-state index contributed by atoms with van der Waals surface area (Å²) in [6.45, 7) is 1.73. The molecule has 0 aliphatic heterocycles. The van der Waals surface area contributed by atoms with Crippen LogP contribution in [0.4, 0.5) is 11.8 Å². The average molecular weight is 343 g/mol. The van der Waals surface area contributed by atoms with Crippen LogP contribution >= 0.6 is 0 Å². The molecular formula is C16H17N5O4. The number of nitrogens with two attached hydrogens (primary N) is 2. The van der Waals surface area contributed by atoms with Gasteiger partial charge < -0.3 is 25.7 Å². The molecule has 2 aromatic rings. The third kappa shape index (κ3) is 4.06. The molecule has 1 aromatic heterocycles. The molecule has 4 N–H and O–H groups in total. The molecule has 130 valence electrons. The van der Waals surface area contributed by atoms with Crippen molar-refractivity contribution in [3.63, 3.8) is 0 Å². The SMILES string of the molecule is CCOC(=O)COc1ccc(-c2nc(N)nc(N)c2C#N)cc1OC. The van der Waals surface area contributed by atoms with Crippen molar-refractivity contribution >= 4 is 17.7 Å². The largest absolute Gasteiger partial charge is 0.493 e. The highest BCUT2D eigenvalue weighted by Gasteiger charge is 2.16. The van der Waals surface area contributed by atoms with Crippen LogP contribution in [0.2, 0.25) is 0 Å². The number of aromatic nitrogens is 2. The third-order valence-corrected chi connectivity index (χ3v) is 3.15. The molecule has 0 saturated heterocycles. The number of esters is 1. The summed E-state index contributed by atoms with van der Waals surface area (Å²) in [4.78, 5) is 19.2. The number of nitrogens with zero attached hydrogens (tertiary/aromatic N) is 3. The first-order valence-corrected chi connectivity index (χ1v) is 7.30. The highest BCUT2D eigenvalue weighted by molar-refractivity contribution is 5.75. The molecular weight excluding hydrogens is 326 g/mol. The van der Waals surface area contributed by atoms with Crippen LogP contribution in [0.15, 0.2) is 18.2 Å². The molecule has 0 fully saturated rings. The second-order valence-electron chi connectivity index (χ2n) is 4.76. The van der Waals surface area contributed by atoms with E-state index in [4.69, 9.17) is 25.7 Å². The van der Waals surface area contributed by atoms with Gasteiger partial charge in [0.05, 0.1) is 19.4 Å². The van der Waals surface area contributed by atoms with E-state index >= 15 is 0 Å². The van der Waals surface area contributed by atoms with E-state index in [9.17, 15) is 10.1 Å². The highest BCUT2D eigenvalue weighted by atomic mass is 16.6. The van der Waals surface area contributed by atoms with E-state index in [-0.39, 0.29) is 36.2 Å². The summed E-state index contributed by atoms with van der Waals surface area (Å²) in [5.74, 6) is 0.144. The number of carbonyl (C=O) groups excluding carboxylic acids is 1. The van der Waals surface area contributed by atoms with E-state index in [2.05, 4.69) is 9.97 Å². The Kier molecular flexibility index (Phi) is 5.58. The van der Waals surface area contributed by atoms with Crippen molar-refractivity contribution in [2.75, 3.05) is 31.8 Å². The number of anilines is 2. The van der Waals surface area contributed by atoms with Gasteiger partial charge in [0.15, 0.2) is 18.1 Å². The minimum Gasteiger partial charge on any atom is -0.493 e. The molecule has 9 nitrogen and oxygen atoms in total. The summed E-state index contributed by atoms with van der Waals surface area (Å²) in [5, 5.41) is 9.27. The van der Waals surface area contributed by atoms with Gasteiger partial charge in [-0.15, -0.1) is 0 Å². The first-order valence-electron chi connectivity index (χ1n) is 7.30. The Balaban J connectivity index is 2.37. The van der Waals surface area contributed by atoms with Gasteiger partial charge in [0.2, 0.25) is 5.95 Å². The van der Waals surface area contributed by atoms with Crippen LogP contribution in [0.3, 0.4) is 0 Å². The number of benzene rings is 1. The fraction of sp³-hybridized carbons (Fsp3) is 0.250. The van der Waals surface area contributed by atoms with Gasteiger partial charge in [-0.25, -0.2) is 9.78 Å². The van der Waals surface area contributed by atoms with Crippen molar-refractivity contribution < 1.29 is 19.0 Å². The third-order valence-electron chi connectivity index (χ3n) is 3.15. The van der Waals surface area contributed by atoms with Gasteiger partial charge in [0.25, 0.3) is 0 Å². The highest BCUT2D eigenvalue weighted by Crippen LogP contribution is 2.34. The molecule has 2 rings (SSSR count). The van der Waals surface area contributed by atoms with E-state index < -0.39 is 5.97 Å². The molecule has 0 bridgehead atoms. The molecule has 0 amide bonds. The smallest absolute Gasteiger partial charge is 0.344 e. The lowest BCUT2D eigenvalue weighted by molar-refractivity contribution is -0.145. The van der Waals surface area contributed by atoms with Gasteiger partial charge >= 0.3 is 5.97 Å². The molecule has 0 spiro atoms. The monoisotopic (exact) mass is 343 g/mol. The maximum atomic E-state index is 11.4. The first-order chi connectivity index (χ1) is 12.0. The summed E-state index contributed by atoms with van der Waals surface area (Å²) in [7, 11) is 1.45. The quantitative estimate of drug-likeness (QED) is 0.736. The van der Waals surface area contributed by atoms with Gasteiger partial charge in [0.1, 0.15) is 17.5 Å². The Bertz CT molecular complexity index is 832. The van der Waals surface area contributed by atoms with E-state index in [0.717, 1.165) is 0 Å². The maximum Gasteiger partial charge on any atom is 0.344 e. The Morgan fingerprint density at radius 2 is 2.04 bits per heavy atom. The molecule has 0 radical (unpaired) electrons. The molecule has 25 heavy (non-hydrogen) atoms. The molecule has 0 aliphatic rings. The minimum atomic E-state index is -0.489. The summed E-state index contributed by atoms with van der Waals surface area (Å²) < 4.78 is 15.5. The molecule has 0 unspecified atom stereocenters. The van der Waals surface area contributed by atoms with Crippen LogP contribution in [0.5, 0.6) is 11.5 Å². The molecule has 9 heteroatoms. The van der Waals surface area contributed by atoms with Gasteiger partial charge in [-0.1, -0.05) is 0 Å². The van der Waals surface area contributed by atoms with Crippen molar-refractivity contribution in [1.29, 1.82) is 5.26 Å². The van der Waals surface area contributed by atoms with Gasteiger partial charge in [-0.05, 0) is 25.1 Å². The number of hydrogen-bond donors (Lipinski definition) is 2. The van der Waals surface area contributed by atoms with Crippen molar-refractivity contribution in [3.05, 3.63) is 23.8 Å². The minimum absolute atomic E-state index is 0.00777. The zero-order valence-electron chi connectivity index (χ0n) is 13.8. The summed E-state index contributed by atoms with van der Waals surface area (Å²) in [6.07, 6.45) is 0. The van der Waals surface area contributed by atoms with Crippen molar-refractivity contribution in [1.82, 2.24) is 9.97 Å². The maximum absolute atomic E-state index is 11.4. The lowest BCUT2D eigenvalue weighted by Crippen LogP contribution is -2.14. The Labute approximate surface area is 144 Å². The van der Waals surface area contributed by atoms with Crippen LogP contribution in [-0.4, -0.2) is 36.3 Å². The van der Waals surface area contributed by atoms with Gasteiger partial charge in [-0.2, -0.15) is 10.2 Å². The predicted molar refractivity (Wildman–Crippen MR) is 89.7 cm³/mol. The van der Waals surface area contributed by atoms with Crippen LogP contribution in [0.1, 0.15) is 12.5 Å². The Hall–Kier alpha value is -3.54. The van der Waals surface area contributed by atoms with Crippen molar-refractivity contribution in [2.45, 2.75) is 6.92 Å². The number of nitrogen functional groups attached to an aromatic ring is 2. The molecule has 0 aliphatic carbocycles. The molecule has 0 saturated carbocycles. The second-order valence-corrected chi connectivity index (χ2v) is 4.76. The summed E-state index contributed by atoms with van der Waals surface area (Å²) in [5.41, 5.74) is 12.3. The van der Waals surface area contributed by atoms with E-state index in [1.807, 2.05) is 6.07 Å². The van der Waals surface area contributed by atoms with Gasteiger partial charge in [0, 0.05) is 5.56 Å². The number of ether oxygens (including phenoxy) is 3. The summed E-state index contributed by atoms with van der Waals surface area (Å²) in [6, 6.07) is 6.79. The zero-order chi connectivity index (χ0) is 18.4. The normalized spacial score (nSPS) is 9.96. The van der Waals surface area contributed by atoms with Crippen LogP contribution < -0.4 is 20.9 Å². The number of nitriles is 1. The van der Waals surface area contributed by atoms with Crippen molar-refractivity contribution in [3.8, 4) is 28.8 Å². The average Bonchev–Trinajstić information content (AvgIpc) is 2.59. The Morgan fingerprint density at radius 3 is 2.68 bits per heavy atom. The molecule has 0 atom stereocenters. The lowest BCUT2D eigenvalue weighted by Gasteiger charge is -2.12. The van der Waals surface area contributed by atoms with E-state index in [0.29, 0.717) is 17.1 Å². The number of methoxy groups -OCH3 is 1. The van der Waals surface area contributed by atoms with Crippen LogP contribution in [0.25, 0.3) is 11.3 Å². The topological polar surface area (TPSA) is 146 Å². The predicted octanol–water partition coefficient (Wildman–Crippen LogP) is 1.13. The summed E-state index contributed by atoms with van der Waals surface area (Å²) >= 11 is 0. The standard InChI is InChI=1S/C16H17N5O4/c1-3-24-13(22)8-25-11-5-4-9(6-12(11)23-2)14-10(7-17)15(18)21-16(19)20-14/h4-6H,3,8H2,1-2H3,(H4,18,19,20,21). The number of hydrogen-bond acceptors (Lipinski definition) is 9. The fourth-order valence-electron chi connectivity index (χ4n) is 2.09. The second kappa shape index (κ2) is 7.83.